The molecule has 0 radical (unpaired) electrons. The minimum Gasteiger partial charge on any atom is -0.369 e. The van der Waals surface area contributed by atoms with Gasteiger partial charge in [-0.3, -0.25) is 9.69 Å². The van der Waals surface area contributed by atoms with Crippen molar-refractivity contribution in [1.82, 2.24) is 10.1 Å². The van der Waals surface area contributed by atoms with E-state index in [9.17, 15) is 9.18 Å². The molecule has 0 bridgehead atoms. The topological polar surface area (TPSA) is 61.6 Å². The first-order valence-corrected chi connectivity index (χ1v) is 13.5. The first-order valence-electron chi connectivity index (χ1n) is 13.5. The molecule has 1 N–H and O–H groups in total. The number of hydrogen-bond donors (Lipinski definition) is 1. The van der Waals surface area contributed by atoms with E-state index >= 15 is 0 Å². The summed E-state index contributed by atoms with van der Waals surface area (Å²) in [5.41, 5.74) is 3.92. The van der Waals surface area contributed by atoms with Gasteiger partial charge in [0.25, 0.3) is 5.91 Å². The highest BCUT2D eigenvalue weighted by molar-refractivity contribution is 6.10. The Kier molecular flexibility index (Phi) is 6.62. The average Bonchev–Trinajstić information content (AvgIpc) is 3.39. The molecule has 1 saturated heterocycles. The zero-order valence-corrected chi connectivity index (χ0v) is 21.7. The Labute approximate surface area is 222 Å². The van der Waals surface area contributed by atoms with Crippen molar-refractivity contribution in [1.29, 1.82) is 0 Å². The summed E-state index contributed by atoms with van der Waals surface area (Å²) < 4.78 is 18.8. The van der Waals surface area contributed by atoms with Gasteiger partial charge in [0.1, 0.15) is 5.82 Å². The highest BCUT2D eigenvalue weighted by atomic mass is 19.1. The quantitative estimate of drug-likeness (QED) is 0.333. The molecule has 0 atom stereocenters. The number of rotatable bonds is 5. The number of aromatic nitrogens is 1. The molecule has 1 amide bonds. The maximum Gasteiger partial charge on any atom is 0.278 e. The number of halogens is 1. The van der Waals surface area contributed by atoms with Gasteiger partial charge in [0.2, 0.25) is 0 Å². The predicted molar refractivity (Wildman–Crippen MR) is 148 cm³/mol. The zero-order valence-electron chi connectivity index (χ0n) is 21.7. The van der Waals surface area contributed by atoms with Crippen molar-refractivity contribution in [2.75, 3.05) is 36.4 Å². The summed E-state index contributed by atoms with van der Waals surface area (Å²) >= 11 is 0. The molecule has 2 heterocycles. The summed E-state index contributed by atoms with van der Waals surface area (Å²) in [4.78, 5) is 18.1. The molecule has 2 fully saturated rings. The maximum absolute atomic E-state index is 13.4. The van der Waals surface area contributed by atoms with E-state index in [1.165, 1.54) is 30.5 Å². The lowest BCUT2D eigenvalue weighted by molar-refractivity contribution is 0.0299. The minimum absolute atomic E-state index is 0.0667. The lowest BCUT2D eigenvalue weighted by Gasteiger charge is -2.51. The van der Waals surface area contributed by atoms with Crippen LogP contribution >= 0.6 is 0 Å². The summed E-state index contributed by atoms with van der Waals surface area (Å²) in [7, 11) is 0. The fourth-order valence-electron chi connectivity index (χ4n) is 6.20. The number of fused-ring (bicyclic) bond motifs is 1. The second-order valence-corrected chi connectivity index (χ2v) is 10.7. The maximum atomic E-state index is 13.4. The number of benzene rings is 3. The number of nitrogens with one attached hydrogen (secondary N) is 1. The van der Waals surface area contributed by atoms with E-state index < -0.39 is 0 Å². The number of amides is 1. The van der Waals surface area contributed by atoms with E-state index in [1.807, 2.05) is 48.5 Å². The van der Waals surface area contributed by atoms with Gasteiger partial charge in [-0.1, -0.05) is 36.3 Å². The van der Waals surface area contributed by atoms with Crippen LogP contribution in [0, 0.1) is 11.7 Å². The van der Waals surface area contributed by atoms with Crippen LogP contribution < -0.4 is 10.2 Å². The second-order valence-electron chi connectivity index (χ2n) is 10.7. The standard InChI is InChI=1S/C31H33FN4O2/c1-22-13-15-31(16-14-22,36-19-17-35(18-20-36)26-11-9-24(32)10-12-26)23-5-4-6-25(21-23)33-30(37)29-27-7-2-3-8-28(27)38-34-29/h2-12,21-22H,13-20H2,1H3,(H,33,37). The fraction of sp³-hybridized carbons (Fsp3) is 0.355. The van der Waals surface area contributed by atoms with Gasteiger partial charge in [-0.25, -0.2) is 4.39 Å². The van der Waals surface area contributed by atoms with Gasteiger partial charge in [0.05, 0.1) is 5.39 Å². The third kappa shape index (κ3) is 4.67. The van der Waals surface area contributed by atoms with Crippen molar-refractivity contribution in [3.63, 3.8) is 0 Å². The molecule has 1 aromatic heterocycles. The highest BCUT2D eigenvalue weighted by Crippen LogP contribution is 2.45. The Morgan fingerprint density at radius 3 is 2.47 bits per heavy atom. The minimum atomic E-state index is -0.272. The van der Waals surface area contributed by atoms with Gasteiger partial charge in [-0.2, -0.15) is 0 Å². The van der Waals surface area contributed by atoms with Crippen molar-refractivity contribution in [2.24, 2.45) is 5.92 Å². The number of nitrogens with zero attached hydrogens (tertiary/aromatic N) is 3. The number of hydrogen-bond acceptors (Lipinski definition) is 5. The van der Waals surface area contributed by atoms with Crippen LogP contribution in [0.25, 0.3) is 11.0 Å². The molecule has 1 saturated carbocycles. The summed E-state index contributed by atoms with van der Waals surface area (Å²) in [5.74, 6) is 0.240. The average molecular weight is 513 g/mol. The number of carbonyl (C=O) groups excluding carboxylic acids is 1. The SMILES string of the molecule is CC1CCC(c2cccc(NC(=O)c3noc4ccccc34)c2)(N2CCN(c3ccc(F)cc3)CC2)CC1. The van der Waals surface area contributed by atoms with Gasteiger partial charge < -0.3 is 14.7 Å². The molecule has 6 rings (SSSR count). The van der Waals surface area contributed by atoms with Gasteiger partial charge in [-0.05, 0) is 85.7 Å². The van der Waals surface area contributed by atoms with E-state index in [4.69, 9.17) is 4.52 Å². The predicted octanol–water partition coefficient (Wildman–Crippen LogP) is 6.45. The molecule has 1 aliphatic heterocycles. The Hall–Kier alpha value is -3.71. The van der Waals surface area contributed by atoms with Gasteiger partial charge in [-0.15, -0.1) is 0 Å². The van der Waals surface area contributed by atoms with E-state index in [1.54, 1.807) is 0 Å². The van der Waals surface area contributed by atoms with Gasteiger partial charge in [0, 0.05) is 43.1 Å². The lowest BCUT2D eigenvalue weighted by Crippen LogP contribution is -2.56. The van der Waals surface area contributed by atoms with Crippen molar-refractivity contribution in [3.05, 3.63) is 89.9 Å². The highest BCUT2D eigenvalue weighted by Gasteiger charge is 2.42. The van der Waals surface area contributed by atoms with Gasteiger partial charge >= 0.3 is 0 Å². The van der Waals surface area contributed by atoms with E-state index in [2.05, 4.69) is 39.3 Å². The van der Waals surface area contributed by atoms with Gasteiger partial charge in [0.15, 0.2) is 11.3 Å². The van der Waals surface area contributed by atoms with Crippen LogP contribution in [0.1, 0.15) is 48.7 Å². The summed E-state index contributed by atoms with van der Waals surface area (Å²) in [6, 6.07) is 22.5. The molecule has 196 valence electrons. The molecule has 4 aromatic rings. The van der Waals surface area contributed by atoms with Crippen LogP contribution in [0.3, 0.4) is 0 Å². The number of piperazine rings is 1. The molecular weight excluding hydrogens is 479 g/mol. The van der Waals surface area contributed by atoms with Crippen molar-refractivity contribution >= 4 is 28.3 Å². The number of anilines is 2. The number of carbonyl (C=O) groups is 1. The molecule has 6 nitrogen and oxygen atoms in total. The molecule has 1 aliphatic carbocycles. The van der Waals surface area contributed by atoms with Crippen LogP contribution in [0.2, 0.25) is 0 Å². The van der Waals surface area contributed by atoms with E-state index in [0.29, 0.717) is 22.6 Å². The summed E-state index contributed by atoms with van der Waals surface area (Å²) in [6.07, 6.45) is 4.55. The summed E-state index contributed by atoms with van der Waals surface area (Å²) in [5, 5.41) is 7.78. The monoisotopic (exact) mass is 512 g/mol. The molecule has 0 spiro atoms. The largest absolute Gasteiger partial charge is 0.369 e. The Balaban J connectivity index is 1.23. The molecule has 38 heavy (non-hydrogen) atoms. The van der Waals surface area contributed by atoms with Crippen molar-refractivity contribution in [3.8, 4) is 0 Å². The molecule has 7 heteroatoms. The Morgan fingerprint density at radius 1 is 0.974 bits per heavy atom. The third-order valence-corrected chi connectivity index (χ3v) is 8.43. The van der Waals surface area contributed by atoms with Crippen molar-refractivity contribution in [2.45, 2.75) is 38.1 Å². The zero-order chi connectivity index (χ0) is 26.1. The van der Waals surface area contributed by atoms with Crippen LogP contribution in [0.4, 0.5) is 15.8 Å². The Bertz CT molecular complexity index is 1420. The smallest absolute Gasteiger partial charge is 0.278 e. The molecule has 0 unspecified atom stereocenters. The van der Waals surface area contributed by atoms with E-state index in [-0.39, 0.29) is 17.3 Å². The second kappa shape index (κ2) is 10.2. The normalized spacial score (nSPS) is 22.5. The molecular formula is C31H33FN4O2. The van der Waals surface area contributed by atoms with Crippen LogP contribution in [-0.2, 0) is 5.54 Å². The lowest BCUT2D eigenvalue weighted by atomic mass is 9.71. The van der Waals surface area contributed by atoms with Crippen molar-refractivity contribution < 1.29 is 13.7 Å². The van der Waals surface area contributed by atoms with Crippen LogP contribution in [0.5, 0.6) is 0 Å². The van der Waals surface area contributed by atoms with E-state index in [0.717, 1.165) is 50.4 Å². The fourth-order valence-corrected chi connectivity index (χ4v) is 6.20. The first kappa shape index (κ1) is 24.6. The first-order chi connectivity index (χ1) is 18.5. The van der Waals surface area contributed by atoms with Crippen LogP contribution in [-0.4, -0.2) is 42.1 Å². The third-order valence-electron chi connectivity index (χ3n) is 8.43. The summed E-state index contributed by atoms with van der Waals surface area (Å²) in [6.45, 7) is 6.02. The molecule has 3 aromatic carbocycles. The van der Waals surface area contributed by atoms with Crippen LogP contribution in [0.15, 0.2) is 77.3 Å². The Morgan fingerprint density at radius 2 is 1.71 bits per heavy atom. The number of para-hydroxylation sites is 1. The molecule has 2 aliphatic rings.